The normalized spacial score (nSPS) is 21.4. The number of anilines is 1. The third-order valence-corrected chi connectivity index (χ3v) is 9.16. The van der Waals surface area contributed by atoms with Crippen molar-refractivity contribution in [2.75, 3.05) is 44.3 Å². The molecular weight excluding hydrogens is 494 g/mol. The van der Waals surface area contributed by atoms with Gasteiger partial charge in [0.25, 0.3) is 5.91 Å². The number of benzene rings is 2. The first-order chi connectivity index (χ1) is 18.5. The monoisotopic (exact) mass is 531 g/mol. The Bertz CT molecular complexity index is 1290. The molecule has 1 aromatic heterocycles. The average Bonchev–Trinajstić information content (AvgIpc) is 3.44. The number of aryl methyl sites for hydroxylation is 2. The SMILES string of the molecule is Cc1ccc(OCc2ccc(C(=O)N3CCCOCC3)cc2C)c(-c2csc(N3C[C@@H]4CC[C@@H](C4)C3)n2)c1. The summed E-state index contributed by atoms with van der Waals surface area (Å²) in [6.07, 6.45) is 5.02. The van der Waals surface area contributed by atoms with Crippen LogP contribution in [0.15, 0.2) is 41.8 Å². The second-order valence-electron chi connectivity index (χ2n) is 11.2. The molecule has 200 valence electrons. The number of ether oxygens (including phenoxy) is 2. The smallest absolute Gasteiger partial charge is 0.253 e. The number of rotatable bonds is 6. The molecule has 38 heavy (non-hydrogen) atoms. The van der Waals surface area contributed by atoms with Gasteiger partial charge in [-0.2, -0.15) is 0 Å². The molecule has 2 aliphatic heterocycles. The van der Waals surface area contributed by atoms with Gasteiger partial charge in [0.15, 0.2) is 5.13 Å². The summed E-state index contributed by atoms with van der Waals surface area (Å²) in [5.41, 5.74) is 6.09. The summed E-state index contributed by atoms with van der Waals surface area (Å²) in [4.78, 5) is 22.5. The quantitative estimate of drug-likeness (QED) is 0.384. The van der Waals surface area contributed by atoms with E-state index >= 15 is 0 Å². The van der Waals surface area contributed by atoms with Gasteiger partial charge in [-0.1, -0.05) is 17.7 Å². The molecule has 2 atom stereocenters. The van der Waals surface area contributed by atoms with Crippen LogP contribution in [-0.2, 0) is 11.3 Å². The largest absolute Gasteiger partial charge is 0.488 e. The molecule has 2 bridgehead atoms. The van der Waals surface area contributed by atoms with Crippen molar-refractivity contribution in [3.63, 3.8) is 0 Å². The van der Waals surface area contributed by atoms with E-state index in [2.05, 4.69) is 42.3 Å². The van der Waals surface area contributed by atoms with Gasteiger partial charge in [-0.15, -0.1) is 11.3 Å². The number of piperidine rings is 1. The maximum atomic E-state index is 13.0. The van der Waals surface area contributed by atoms with E-state index < -0.39 is 0 Å². The van der Waals surface area contributed by atoms with E-state index in [0.29, 0.717) is 19.8 Å². The minimum atomic E-state index is 0.0768. The van der Waals surface area contributed by atoms with Gasteiger partial charge in [-0.25, -0.2) is 4.98 Å². The van der Waals surface area contributed by atoms with Gasteiger partial charge in [-0.3, -0.25) is 4.79 Å². The lowest BCUT2D eigenvalue weighted by molar-refractivity contribution is 0.0741. The Labute approximate surface area is 229 Å². The molecule has 3 aliphatic rings. The van der Waals surface area contributed by atoms with E-state index in [9.17, 15) is 4.79 Å². The molecule has 0 spiro atoms. The number of aromatic nitrogens is 1. The average molecular weight is 532 g/mol. The summed E-state index contributed by atoms with van der Waals surface area (Å²) in [6.45, 7) is 9.62. The molecule has 1 saturated carbocycles. The van der Waals surface area contributed by atoms with Crippen LogP contribution in [0, 0.1) is 25.7 Å². The van der Waals surface area contributed by atoms with Crippen LogP contribution in [0.25, 0.3) is 11.3 Å². The zero-order chi connectivity index (χ0) is 26.1. The van der Waals surface area contributed by atoms with E-state index in [1.54, 1.807) is 11.3 Å². The lowest BCUT2D eigenvalue weighted by atomic mass is 9.99. The fourth-order valence-electron chi connectivity index (χ4n) is 6.15. The Hall–Kier alpha value is -2.90. The Morgan fingerprint density at radius 1 is 1.08 bits per heavy atom. The molecule has 1 aliphatic carbocycles. The van der Waals surface area contributed by atoms with E-state index in [-0.39, 0.29) is 5.91 Å². The van der Waals surface area contributed by atoms with Crippen molar-refractivity contribution >= 4 is 22.4 Å². The third kappa shape index (κ3) is 5.45. The van der Waals surface area contributed by atoms with Crippen LogP contribution in [-0.4, -0.2) is 55.2 Å². The van der Waals surface area contributed by atoms with Gasteiger partial charge >= 0.3 is 0 Å². The molecule has 3 fully saturated rings. The second-order valence-corrected chi connectivity index (χ2v) is 12.0. The van der Waals surface area contributed by atoms with Crippen molar-refractivity contribution in [3.8, 4) is 17.0 Å². The molecule has 2 aromatic carbocycles. The fourth-order valence-corrected chi connectivity index (χ4v) is 6.99. The number of fused-ring (bicyclic) bond motifs is 2. The highest BCUT2D eigenvalue weighted by atomic mass is 32.1. The predicted molar refractivity (Wildman–Crippen MR) is 152 cm³/mol. The molecule has 6 rings (SSSR count). The van der Waals surface area contributed by atoms with Crippen molar-refractivity contribution in [2.45, 2.75) is 46.1 Å². The maximum absolute atomic E-state index is 13.0. The van der Waals surface area contributed by atoms with Crippen LogP contribution >= 0.6 is 11.3 Å². The molecule has 2 saturated heterocycles. The topological polar surface area (TPSA) is 54.9 Å². The molecular formula is C31H37N3O3S. The molecule has 3 heterocycles. The highest BCUT2D eigenvalue weighted by Gasteiger charge is 2.34. The van der Waals surface area contributed by atoms with Crippen molar-refractivity contribution < 1.29 is 14.3 Å². The summed E-state index contributed by atoms with van der Waals surface area (Å²) in [7, 11) is 0. The van der Waals surface area contributed by atoms with Gasteiger partial charge in [0, 0.05) is 49.3 Å². The van der Waals surface area contributed by atoms with E-state index in [0.717, 1.165) is 83.3 Å². The number of amides is 1. The first-order valence-corrected chi connectivity index (χ1v) is 14.8. The second kappa shape index (κ2) is 11.1. The molecule has 1 amide bonds. The standard InChI is InChI=1S/C31H37N3O3S/c1-21-4-9-29(27(14-21)28-20-38-31(32-28)34-17-23-5-6-24(16-23)18-34)37-19-26-8-7-25(15-22(26)2)30(35)33-10-3-12-36-13-11-33/h4,7-9,14-15,20,23-24H,3,5-6,10-13,16-19H2,1-2H3/t23-,24+. The first-order valence-electron chi connectivity index (χ1n) is 13.9. The number of carbonyl (C=O) groups excluding carboxylic acids is 1. The predicted octanol–water partition coefficient (Wildman–Crippen LogP) is 6.10. The molecule has 0 unspecified atom stereocenters. The number of hydrogen-bond donors (Lipinski definition) is 0. The maximum Gasteiger partial charge on any atom is 0.253 e. The highest BCUT2D eigenvalue weighted by Crippen LogP contribution is 2.40. The van der Waals surface area contributed by atoms with Crippen LogP contribution in [0.2, 0.25) is 0 Å². The summed E-state index contributed by atoms with van der Waals surface area (Å²) >= 11 is 1.75. The lowest BCUT2D eigenvalue weighted by Gasteiger charge is -2.31. The number of nitrogens with zero attached hydrogens (tertiary/aromatic N) is 3. The number of thiazole rings is 1. The first kappa shape index (κ1) is 25.4. The third-order valence-electron chi connectivity index (χ3n) is 8.26. The Kier molecular flexibility index (Phi) is 7.39. The molecule has 6 nitrogen and oxygen atoms in total. The highest BCUT2D eigenvalue weighted by molar-refractivity contribution is 7.14. The van der Waals surface area contributed by atoms with Crippen molar-refractivity contribution in [1.29, 1.82) is 0 Å². The van der Waals surface area contributed by atoms with Gasteiger partial charge in [0.1, 0.15) is 12.4 Å². The van der Waals surface area contributed by atoms with E-state index in [1.165, 1.54) is 24.8 Å². The zero-order valence-electron chi connectivity index (χ0n) is 22.4. The molecule has 3 aromatic rings. The van der Waals surface area contributed by atoms with Crippen LogP contribution in [0.4, 0.5) is 5.13 Å². The van der Waals surface area contributed by atoms with Crippen LogP contribution in [0.1, 0.15) is 52.7 Å². The van der Waals surface area contributed by atoms with Gasteiger partial charge in [0.2, 0.25) is 0 Å². The summed E-state index contributed by atoms with van der Waals surface area (Å²) in [5.74, 6) is 2.59. The van der Waals surface area contributed by atoms with Crippen molar-refractivity contribution in [3.05, 3.63) is 64.0 Å². The van der Waals surface area contributed by atoms with Crippen LogP contribution in [0.5, 0.6) is 5.75 Å². The van der Waals surface area contributed by atoms with Crippen molar-refractivity contribution in [1.82, 2.24) is 9.88 Å². The lowest BCUT2D eigenvalue weighted by Crippen LogP contribution is -2.36. The Balaban J connectivity index is 1.16. The number of hydrogen-bond acceptors (Lipinski definition) is 6. The Morgan fingerprint density at radius 2 is 1.92 bits per heavy atom. The Morgan fingerprint density at radius 3 is 2.74 bits per heavy atom. The van der Waals surface area contributed by atoms with Crippen molar-refractivity contribution in [2.24, 2.45) is 11.8 Å². The molecule has 0 N–H and O–H groups in total. The molecule has 0 radical (unpaired) electrons. The molecule has 7 heteroatoms. The van der Waals surface area contributed by atoms with Crippen LogP contribution < -0.4 is 9.64 Å². The minimum absolute atomic E-state index is 0.0768. The minimum Gasteiger partial charge on any atom is -0.488 e. The summed E-state index contributed by atoms with van der Waals surface area (Å²) in [6, 6.07) is 12.3. The van der Waals surface area contributed by atoms with Crippen LogP contribution in [0.3, 0.4) is 0 Å². The van der Waals surface area contributed by atoms with Gasteiger partial charge in [0.05, 0.1) is 12.3 Å². The van der Waals surface area contributed by atoms with E-state index in [4.69, 9.17) is 14.5 Å². The number of carbonyl (C=O) groups is 1. The van der Waals surface area contributed by atoms with E-state index in [1.807, 2.05) is 23.1 Å². The zero-order valence-corrected chi connectivity index (χ0v) is 23.3. The summed E-state index contributed by atoms with van der Waals surface area (Å²) in [5, 5.41) is 3.31. The van der Waals surface area contributed by atoms with Gasteiger partial charge in [-0.05, 0) is 86.8 Å². The summed E-state index contributed by atoms with van der Waals surface area (Å²) < 4.78 is 11.9. The van der Waals surface area contributed by atoms with Gasteiger partial charge < -0.3 is 19.3 Å². The fraction of sp³-hybridized carbons (Fsp3) is 0.484.